The van der Waals surface area contributed by atoms with Gasteiger partial charge in [0.1, 0.15) is 34.4 Å². The van der Waals surface area contributed by atoms with Gasteiger partial charge in [-0.1, -0.05) is 119 Å². The van der Waals surface area contributed by atoms with Gasteiger partial charge in [0, 0.05) is 31.2 Å². The van der Waals surface area contributed by atoms with Crippen molar-refractivity contribution in [1.29, 1.82) is 0 Å². The van der Waals surface area contributed by atoms with Crippen LogP contribution in [0.2, 0.25) is 20.1 Å². The smallest absolute Gasteiger partial charge is 0.373 e. The number of methoxy groups -OCH3 is 2. The summed E-state index contributed by atoms with van der Waals surface area (Å²) in [5.41, 5.74) is 5.95. The summed E-state index contributed by atoms with van der Waals surface area (Å²) >= 11 is 24.9. The lowest BCUT2D eigenvalue weighted by Crippen LogP contribution is -1.95. The minimum absolute atomic E-state index is 0.250. The van der Waals surface area contributed by atoms with Crippen LogP contribution in [0.5, 0.6) is 34.5 Å². The zero-order valence-corrected chi connectivity index (χ0v) is 40.8. The Morgan fingerprint density at radius 3 is 1.17 bits per heavy atom. The molecule has 71 heavy (non-hydrogen) atoms. The highest BCUT2D eigenvalue weighted by molar-refractivity contribution is 6.35. The molecule has 0 saturated heterocycles. The number of para-hydroxylation sites is 1. The number of fused-ring (bicyclic) bond motifs is 2. The van der Waals surface area contributed by atoms with Crippen LogP contribution in [0.25, 0.3) is 55.4 Å². The number of hydrogen-bond acceptors (Lipinski definition) is 10. The topological polar surface area (TPSA) is 141 Å². The molecule has 0 aliphatic rings. The van der Waals surface area contributed by atoms with Crippen molar-refractivity contribution in [2.45, 2.75) is 6.92 Å². The molecule has 10 aromatic rings. The van der Waals surface area contributed by atoms with Gasteiger partial charge in [0.25, 0.3) is 0 Å². The molecule has 2 aromatic heterocycles. The molecule has 0 amide bonds. The van der Waals surface area contributed by atoms with Crippen LogP contribution >= 0.6 is 46.4 Å². The molecular formula is C55H38Cl4N4O8. The Bertz CT molecular complexity index is 3480. The first-order valence-electron chi connectivity index (χ1n) is 21.2. The maximum absolute atomic E-state index is 8.12. The highest BCUT2D eigenvalue weighted by atomic mass is 35.5. The van der Waals surface area contributed by atoms with E-state index >= 15 is 0 Å². The van der Waals surface area contributed by atoms with E-state index in [0.717, 1.165) is 72.6 Å². The van der Waals surface area contributed by atoms with Crippen LogP contribution in [-0.2, 0) is 19.2 Å². The van der Waals surface area contributed by atoms with Crippen molar-refractivity contribution in [2.75, 3.05) is 14.2 Å². The van der Waals surface area contributed by atoms with Gasteiger partial charge in [-0.3, -0.25) is 0 Å². The molecule has 0 bridgehead atoms. The van der Waals surface area contributed by atoms with Crippen LogP contribution in [0.3, 0.4) is 0 Å². The van der Waals surface area contributed by atoms with Crippen molar-refractivity contribution in [3.05, 3.63) is 202 Å². The molecule has 0 aliphatic carbocycles. The molecule has 0 unspecified atom stereocenters. The van der Waals surface area contributed by atoms with Gasteiger partial charge in [0.05, 0.1) is 38.0 Å². The monoisotopic (exact) mass is 1020 g/mol. The van der Waals surface area contributed by atoms with E-state index in [-0.39, 0.29) is 12.3 Å². The molecular weight excluding hydrogens is 986 g/mol. The van der Waals surface area contributed by atoms with Gasteiger partial charge < -0.3 is 18.9 Å². The van der Waals surface area contributed by atoms with E-state index in [1.165, 1.54) is 0 Å². The zero-order chi connectivity index (χ0) is 50.4. The highest BCUT2D eigenvalue weighted by Crippen LogP contribution is 2.38. The number of halogens is 4. The number of nitrogens with zero attached hydrogens (tertiary/aromatic N) is 4. The van der Waals surface area contributed by atoms with Crippen molar-refractivity contribution in [3.8, 4) is 68.4 Å². The van der Waals surface area contributed by atoms with Crippen LogP contribution in [0.15, 0.2) is 176 Å². The zero-order valence-electron chi connectivity index (χ0n) is 37.8. The molecule has 354 valence electrons. The molecule has 0 radical (unpaired) electrons. The van der Waals surface area contributed by atoms with E-state index in [9.17, 15) is 0 Å². The Labute approximate surface area is 427 Å². The summed E-state index contributed by atoms with van der Waals surface area (Å²) in [4.78, 5) is 32.5. The molecule has 2 heterocycles. The van der Waals surface area contributed by atoms with E-state index in [2.05, 4.69) is 24.3 Å². The fourth-order valence-corrected chi connectivity index (χ4v) is 8.25. The quantitative estimate of drug-likeness (QED) is 0.130. The third kappa shape index (κ3) is 13.1. The minimum Gasteiger partial charge on any atom is -0.497 e. The summed E-state index contributed by atoms with van der Waals surface area (Å²) in [7, 11) is 3.33. The van der Waals surface area contributed by atoms with Gasteiger partial charge >= 0.3 is 12.3 Å². The van der Waals surface area contributed by atoms with E-state index in [0.29, 0.717) is 43.0 Å². The van der Waals surface area contributed by atoms with Gasteiger partial charge in [-0.15, -0.1) is 0 Å². The molecule has 0 N–H and O–H groups in total. The standard InChI is InChI=1S/C27H20Cl2N2O2.C26H18Cl2N2O2.2CO2/c1-17-3-8-24(9-4-17)33-26-16-31(23-14-21(28)13-22(29)15-23)30-27(26)20-6-5-19-12-25(32-2)10-7-18(19)11-20;1-31-24-10-9-17-11-19(8-7-18(17)12-24)26-25(32-23-5-3-2-4-6-23)16-30(29-26)22-14-20(27)13-21(28)15-22;2*2-1-3/h3-16H,1-2H3;2-16H,1H3;;. The summed E-state index contributed by atoms with van der Waals surface area (Å²) in [6.07, 6.45) is 4.18. The first kappa shape index (κ1) is 50.7. The number of carbonyl (C=O) groups excluding carboxylic acids is 4. The minimum atomic E-state index is 0.250. The average Bonchev–Trinajstić information content (AvgIpc) is 3.99. The van der Waals surface area contributed by atoms with Gasteiger partial charge in [-0.25, -0.2) is 9.36 Å². The highest BCUT2D eigenvalue weighted by Gasteiger charge is 2.18. The second kappa shape index (κ2) is 23.9. The summed E-state index contributed by atoms with van der Waals surface area (Å²) in [6.45, 7) is 2.04. The first-order valence-corrected chi connectivity index (χ1v) is 22.7. The van der Waals surface area contributed by atoms with Crippen molar-refractivity contribution in [3.63, 3.8) is 0 Å². The average molecular weight is 1020 g/mol. The van der Waals surface area contributed by atoms with Crippen molar-refractivity contribution < 1.29 is 38.1 Å². The van der Waals surface area contributed by atoms with Crippen LogP contribution in [-0.4, -0.2) is 46.1 Å². The Morgan fingerprint density at radius 2 is 0.775 bits per heavy atom. The predicted octanol–water partition coefficient (Wildman–Crippen LogP) is 14.7. The van der Waals surface area contributed by atoms with E-state index in [4.69, 9.17) is 94.7 Å². The lowest BCUT2D eigenvalue weighted by Gasteiger charge is -2.08. The maximum Gasteiger partial charge on any atom is 0.373 e. The molecule has 8 aromatic carbocycles. The van der Waals surface area contributed by atoms with Gasteiger partial charge in [-0.05, 0) is 126 Å². The number of aromatic nitrogens is 4. The summed E-state index contributed by atoms with van der Waals surface area (Å²) in [5, 5.41) is 16.1. The third-order valence-corrected chi connectivity index (χ3v) is 11.3. The van der Waals surface area contributed by atoms with Crippen molar-refractivity contribution in [2.24, 2.45) is 0 Å². The second-order valence-corrected chi connectivity index (χ2v) is 16.9. The Kier molecular flexibility index (Phi) is 17.1. The molecule has 0 aliphatic heterocycles. The predicted molar refractivity (Wildman–Crippen MR) is 274 cm³/mol. The second-order valence-electron chi connectivity index (χ2n) is 15.2. The fourth-order valence-electron chi connectivity index (χ4n) is 7.22. The SMILES string of the molecule is COc1ccc2cc(-c3nn(-c4cc(Cl)cc(Cl)c4)cc3Oc3ccc(C)cc3)ccc2c1.COc1ccc2cc(-c3nn(-c4cc(Cl)cc(Cl)c4)cc3Oc3ccccc3)ccc2c1.O=C=O.O=C=O. The van der Waals surface area contributed by atoms with Crippen LogP contribution in [0.4, 0.5) is 0 Å². The van der Waals surface area contributed by atoms with Gasteiger partial charge in [-0.2, -0.15) is 29.4 Å². The normalized spacial score (nSPS) is 10.3. The Morgan fingerprint density at radius 1 is 0.423 bits per heavy atom. The van der Waals surface area contributed by atoms with Crippen LogP contribution in [0.1, 0.15) is 5.56 Å². The van der Waals surface area contributed by atoms with E-state index in [1.54, 1.807) is 35.7 Å². The molecule has 16 heteroatoms. The number of ether oxygens (including phenoxy) is 4. The molecule has 10 rings (SSSR count). The summed E-state index contributed by atoms with van der Waals surface area (Å²) in [6, 6.07) is 52.5. The summed E-state index contributed by atoms with van der Waals surface area (Å²) in [5.74, 6) is 4.35. The molecule has 0 fully saturated rings. The number of rotatable bonds is 10. The molecule has 0 saturated carbocycles. The van der Waals surface area contributed by atoms with Crippen LogP contribution in [0, 0.1) is 6.92 Å². The first-order chi connectivity index (χ1) is 34.4. The van der Waals surface area contributed by atoms with Gasteiger partial charge in [0.2, 0.25) is 0 Å². The number of benzene rings is 8. The van der Waals surface area contributed by atoms with Gasteiger partial charge in [0.15, 0.2) is 11.5 Å². The van der Waals surface area contributed by atoms with E-state index < -0.39 is 0 Å². The number of hydrogen-bond donors (Lipinski definition) is 0. The van der Waals surface area contributed by atoms with Crippen molar-refractivity contribution in [1.82, 2.24) is 19.6 Å². The number of aryl methyl sites for hydroxylation is 1. The van der Waals surface area contributed by atoms with Crippen LogP contribution < -0.4 is 18.9 Å². The third-order valence-electron chi connectivity index (χ3n) is 10.4. The molecule has 0 spiro atoms. The summed E-state index contributed by atoms with van der Waals surface area (Å²) < 4.78 is 26.6. The van der Waals surface area contributed by atoms with Crippen molar-refractivity contribution >= 4 is 80.3 Å². The largest absolute Gasteiger partial charge is 0.497 e. The fraction of sp³-hybridized carbons (Fsp3) is 0.0545. The molecule has 12 nitrogen and oxygen atoms in total. The maximum atomic E-state index is 8.12. The Balaban J connectivity index is 0.000000188. The van der Waals surface area contributed by atoms with E-state index in [1.807, 2.05) is 147 Å². The molecule has 0 atom stereocenters. The lowest BCUT2D eigenvalue weighted by atomic mass is 10.0. The lowest BCUT2D eigenvalue weighted by molar-refractivity contribution is -0.193. The Hall–Kier alpha value is -8.18.